The van der Waals surface area contributed by atoms with Gasteiger partial charge < -0.3 is 4.74 Å². The molecule has 0 atom stereocenters. The third-order valence-electron chi connectivity index (χ3n) is 1.24. The first kappa shape index (κ1) is 8.53. The molecule has 1 aromatic carbocycles. The zero-order chi connectivity index (χ0) is 8.97. The summed E-state index contributed by atoms with van der Waals surface area (Å²) < 4.78 is 4.91. The summed E-state index contributed by atoms with van der Waals surface area (Å²) in [5.41, 5.74) is 0.388. The average molecular weight is 161 g/mol. The van der Waals surface area contributed by atoms with Crippen LogP contribution in [0.5, 0.6) is 5.75 Å². The lowest BCUT2D eigenvalue weighted by Crippen LogP contribution is -2.07. The molecule has 2 nitrogen and oxygen atoms in total. The zero-order valence-corrected chi connectivity index (χ0v) is 6.83. The van der Waals surface area contributed by atoms with Crippen LogP contribution in [0, 0.1) is 6.07 Å². The summed E-state index contributed by atoms with van der Waals surface area (Å²) in [6.07, 6.45) is 0. The van der Waals surface area contributed by atoms with E-state index in [4.69, 9.17) is 4.74 Å². The average Bonchev–Trinajstić information content (AvgIpc) is 2.06. The third-order valence-corrected chi connectivity index (χ3v) is 1.24. The molecule has 0 fully saturated rings. The van der Waals surface area contributed by atoms with Crippen LogP contribution < -0.4 is 4.74 Å². The highest BCUT2D eigenvalue weighted by Crippen LogP contribution is 2.09. The molecule has 0 heterocycles. The van der Waals surface area contributed by atoms with Crippen LogP contribution in [0.1, 0.15) is 6.92 Å². The van der Waals surface area contributed by atoms with Gasteiger partial charge in [-0.05, 0) is 25.1 Å². The highest BCUT2D eigenvalue weighted by molar-refractivity contribution is 5.88. The molecule has 0 aliphatic carbocycles. The van der Waals surface area contributed by atoms with E-state index in [1.54, 1.807) is 31.2 Å². The summed E-state index contributed by atoms with van der Waals surface area (Å²) in [5.74, 6) is 0.0834. The SMILES string of the molecule is C=C(C)C(=O)Oc1c[c]ccc1. The Morgan fingerprint density at radius 3 is 2.92 bits per heavy atom. The van der Waals surface area contributed by atoms with Crippen LogP contribution in [-0.4, -0.2) is 5.97 Å². The van der Waals surface area contributed by atoms with Gasteiger partial charge in [0, 0.05) is 5.57 Å². The number of hydrogen-bond acceptors (Lipinski definition) is 2. The quantitative estimate of drug-likeness (QED) is 0.376. The van der Waals surface area contributed by atoms with Crippen LogP contribution in [-0.2, 0) is 4.79 Å². The molecule has 0 amide bonds. The minimum atomic E-state index is -0.408. The van der Waals surface area contributed by atoms with Crippen LogP contribution >= 0.6 is 0 Å². The molecule has 1 aromatic rings. The van der Waals surface area contributed by atoms with Gasteiger partial charge in [0.05, 0.1) is 0 Å². The molecule has 0 saturated heterocycles. The molecule has 0 bridgehead atoms. The Morgan fingerprint density at radius 2 is 2.42 bits per heavy atom. The molecule has 12 heavy (non-hydrogen) atoms. The van der Waals surface area contributed by atoms with Crippen molar-refractivity contribution in [3.05, 3.63) is 42.5 Å². The van der Waals surface area contributed by atoms with E-state index in [1.165, 1.54) is 0 Å². The van der Waals surface area contributed by atoms with E-state index >= 15 is 0 Å². The van der Waals surface area contributed by atoms with Gasteiger partial charge in [0.2, 0.25) is 0 Å². The molecule has 1 rings (SSSR count). The lowest BCUT2D eigenvalue weighted by molar-refractivity contribution is -0.130. The number of hydrogen-bond donors (Lipinski definition) is 0. The third kappa shape index (κ3) is 2.23. The highest BCUT2D eigenvalue weighted by atomic mass is 16.5. The number of carbonyl (C=O) groups excluding carboxylic acids is 1. The minimum absolute atomic E-state index is 0.388. The van der Waals surface area contributed by atoms with Gasteiger partial charge in [0.1, 0.15) is 5.75 Å². The van der Waals surface area contributed by atoms with E-state index in [9.17, 15) is 4.79 Å². The molecule has 0 N–H and O–H groups in total. The standard InChI is InChI=1S/C10H9O2/c1-8(2)10(11)12-9-6-4-3-5-7-9/h3-4,6-7H,1H2,2H3. The van der Waals surface area contributed by atoms with Crippen molar-refractivity contribution >= 4 is 5.97 Å². The fourth-order valence-corrected chi connectivity index (χ4v) is 0.635. The number of esters is 1. The molecule has 0 saturated carbocycles. The smallest absolute Gasteiger partial charge is 0.338 e. The van der Waals surface area contributed by atoms with Crippen molar-refractivity contribution in [2.45, 2.75) is 6.92 Å². The second kappa shape index (κ2) is 3.72. The van der Waals surface area contributed by atoms with Gasteiger partial charge in [0.15, 0.2) is 0 Å². The fraction of sp³-hybridized carbons (Fsp3) is 0.100. The summed E-state index contributed by atoms with van der Waals surface area (Å²) in [6.45, 7) is 5.07. The van der Waals surface area contributed by atoms with Crippen molar-refractivity contribution in [3.63, 3.8) is 0 Å². The summed E-state index contributed by atoms with van der Waals surface area (Å²) in [5, 5.41) is 0. The van der Waals surface area contributed by atoms with Crippen molar-refractivity contribution in [2.24, 2.45) is 0 Å². The lowest BCUT2D eigenvalue weighted by Gasteiger charge is -2.01. The van der Waals surface area contributed by atoms with E-state index < -0.39 is 5.97 Å². The number of benzene rings is 1. The Hall–Kier alpha value is -1.57. The van der Waals surface area contributed by atoms with Crippen LogP contribution in [0.3, 0.4) is 0 Å². The van der Waals surface area contributed by atoms with E-state index in [2.05, 4.69) is 12.6 Å². The van der Waals surface area contributed by atoms with Crippen molar-refractivity contribution in [1.29, 1.82) is 0 Å². The second-order valence-electron chi connectivity index (χ2n) is 2.41. The predicted molar refractivity (Wildman–Crippen MR) is 45.7 cm³/mol. The molecule has 0 aliphatic rings. The molecule has 0 spiro atoms. The molecule has 61 valence electrons. The Balaban J connectivity index is 2.65. The minimum Gasteiger partial charge on any atom is -0.423 e. The first-order chi connectivity index (χ1) is 5.70. The second-order valence-corrected chi connectivity index (χ2v) is 2.41. The maximum Gasteiger partial charge on any atom is 0.338 e. The van der Waals surface area contributed by atoms with Crippen molar-refractivity contribution in [1.82, 2.24) is 0 Å². The normalized spacial score (nSPS) is 9.08. The predicted octanol–water partition coefficient (Wildman–Crippen LogP) is 1.97. The van der Waals surface area contributed by atoms with Crippen molar-refractivity contribution in [3.8, 4) is 5.75 Å². The van der Waals surface area contributed by atoms with Crippen LogP contribution in [0.4, 0.5) is 0 Å². The highest BCUT2D eigenvalue weighted by Gasteiger charge is 2.03. The molecule has 0 aromatic heterocycles. The summed E-state index contributed by atoms with van der Waals surface area (Å²) >= 11 is 0. The summed E-state index contributed by atoms with van der Waals surface area (Å²) in [6, 6.07) is 9.57. The topological polar surface area (TPSA) is 26.3 Å². The van der Waals surface area contributed by atoms with E-state index in [-0.39, 0.29) is 0 Å². The Bertz CT molecular complexity index is 288. The van der Waals surface area contributed by atoms with Gasteiger partial charge >= 0.3 is 5.97 Å². The zero-order valence-electron chi connectivity index (χ0n) is 6.83. The molecular formula is C10H9O2. The lowest BCUT2D eigenvalue weighted by atomic mass is 10.3. The van der Waals surface area contributed by atoms with Gasteiger partial charge in [0.25, 0.3) is 0 Å². The van der Waals surface area contributed by atoms with E-state index in [0.717, 1.165) is 0 Å². The molecule has 0 aliphatic heterocycles. The maximum atomic E-state index is 11.0. The van der Waals surface area contributed by atoms with Gasteiger partial charge in [-0.2, -0.15) is 0 Å². The summed E-state index contributed by atoms with van der Waals surface area (Å²) in [4.78, 5) is 11.0. The maximum absolute atomic E-state index is 11.0. The Morgan fingerprint density at radius 1 is 1.67 bits per heavy atom. The van der Waals surface area contributed by atoms with Gasteiger partial charge in [-0.3, -0.25) is 0 Å². The molecule has 2 heteroatoms. The molecule has 0 unspecified atom stereocenters. The number of ether oxygens (including phenoxy) is 1. The number of carbonyl (C=O) groups is 1. The largest absolute Gasteiger partial charge is 0.423 e. The fourth-order valence-electron chi connectivity index (χ4n) is 0.635. The Labute approximate surface area is 71.5 Å². The summed E-state index contributed by atoms with van der Waals surface area (Å²) in [7, 11) is 0. The molecule has 1 radical (unpaired) electrons. The van der Waals surface area contributed by atoms with Crippen LogP contribution in [0.2, 0.25) is 0 Å². The van der Waals surface area contributed by atoms with Crippen molar-refractivity contribution < 1.29 is 9.53 Å². The van der Waals surface area contributed by atoms with Gasteiger partial charge in [-0.1, -0.05) is 18.7 Å². The van der Waals surface area contributed by atoms with Crippen LogP contribution in [0.25, 0.3) is 0 Å². The number of rotatable bonds is 2. The Kier molecular flexibility index (Phi) is 2.64. The van der Waals surface area contributed by atoms with Crippen LogP contribution in [0.15, 0.2) is 36.4 Å². The first-order valence-electron chi connectivity index (χ1n) is 3.54. The van der Waals surface area contributed by atoms with E-state index in [1.807, 2.05) is 0 Å². The van der Waals surface area contributed by atoms with Gasteiger partial charge in [-0.15, -0.1) is 0 Å². The monoisotopic (exact) mass is 161 g/mol. The van der Waals surface area contributed by atoms with Crippen molar-refractivity contribution in [2.75, 3.05) is 0 Å². The van der Waals surface area contributed by atoms with E-state index in [0.29, 0.717) is 11.3 Å². The molecular weight excluding hydrogens is 152 g/mol. The van der Waals surface area contributed by atoms with Gasteiger partial charge in [-0.25, -0.2) is 4.79 Å². The first-order valence-corrected chi connectivity index (χ1v) is 3.54.